The Morgan fingerprint density at radius 2 is 2.23 bits per heavy atom. The van der Waals surface area contributed by atoms with E-state index >= 15 is 0 Å². The fourth-order valence-corrected chi connectivity index (χ4v) is 2.25. The second-order valence-corrected chi connectivity index (χ2v) is 4.06. The first-order valence-electron chi connectivity index (χ1n) is 4.97. The number of carbonyl (C=O) groups excluding carboxylic acids is 1. The Kier molecular flexibility index (Phi) is 2.26. The van der Waals surface area contributed by atoms with E-state index in [4.69, 9.17) is 5.73 Å². The molecule has 0 spiro atoms. The third kappa shape index (κ3) is 1.56. The van der Waals surface area contributed by atoms with Crippen LogP contribution in [0, 0.1) is 0 Å². The van der Waals surface area contributed by atoms with Gasteiger partial charge in [-0.2, -0.15) is 0 Å². The predicted octanol–water partition coefficient (Wildman–Crippen LogP) is -0.750. The Bertz CT molecular complexity index is 217. The van der Waals surface area contributed by atoms with Crippen LogP contribution in [0.4, 0.5) is 0 Å². The zero-order chi connectivity index (χ0) is 9.42. The maximum absolute atomic E-state index is 11.7. The van der Waals surface area contributed by atoms with E-state index in [0.717, 1.165) is 32.6 Å². The van der Waals surface area contributed by atoms with Crippen molar-refractivity contribution in [2.75, 3.05) is 26.2 Å². The molecule has 2 heterocycles. The summed E-state index contributed by atoms with van der Waals surface area (Å²) in [7, 11) is 0. The van der Waals surface area contributed by atoms with Crippen LogP contribution in [0.5, 0.6) is 0 Å². The number of fused-ring (bicyclic) bond motifs is 2. The Balaban J connectivity index is 2.03. The van der Waals surface area contributed by atoms with Gasteiger partial charge in [-0.15, -0.1) is 0 Å². The Hall–Kier alpha value is -0.610. The summed E-state index contributed by atoms with van der Waals surface area (Å²) in [5.74, 6) is 0.117. The first-order valence-corrected chi connectivity index (χ1v) is 4.97. The second-order valence-electron chi connectivity index (χ2n) is 4.06. The highest BCUT2D eigenvalue weighted by Crippen LogP contribution is 2.20. The maximum Gasteiger partial charge on any atom is 0.239 e. The molecule has 0 aliphatic carbocycles. The van der Waals surface area contributed by atoms with E-state index in [9.17, 15) is 4.79 Å². The monoisotopic (exact) mass is 183 g/mol. The van der Waals surface area contributed by atoms with E-state index < -0.39 is 0 Å². The van der Waals surface area contributed by atoms with Gasteiger partial charge in [-0.1, -0.05) is 0 Å². The molecular formula is C9H17N3O. The summed E-state index contributed by atoms with van der Waals surface area (Å²) in [6.07, 6.45) is 1.12. The Morgan fingerprint density at radius 1 is 1.46 bits per heavy atom. The Morgan fingerprint density at radius 3 is 2.92 bits per heavy atom. The molecule has 74 valence electrons. The van der Waals surface area contributed by atoms with Gasteiger partial charge in [0.1, 0.15) is 0 Å². The average molecular weight is 183 g/mol. The van der Waals surface area contributed by atoms with Gasteiger partial charge < -0.3 is 10.6 Å². The van der Waals surface area contributed by atoms with Gasteiger partial charge in [0.25, 0.3) is 0 Å². The number of rotatable bonds is 1. The minimum absolute atomic E-state index is 0.117. The number of hydrogen-bond acceptors (Lipinski definition) is 3. The van der Waals surface area contributed by atoms with E-state index in [2.05, 4.69) is 4.90 Å². The third-order valence-electron chi connectivity index (χ3n) is 3.02. The summed E-state index contributed by atoms with van der Waals surface area (Å²) in [5, 5.41) is 0. The van der Waals surface area contributed by atoms with Crippen molar-refractivity contribution in [2.24, 2.45) is 5.73 Å². The summed E-state index contributed by atoms with van der Waals surface area (Å²) in [5.41, 5.74) is 5.59. The fraction of sp³-hybridized carbons (Fsp3) is 0.889. The summed E-state index contributed by atoms with van der Waals surface area (Å²) >= 11 is 0. The van der Waals surface area contributed by atoms with Crippen LogP contribution in [0.3, 0.4) is 0 Å². The van der Waals surface area contributed by atoms with Crippen LogP contribution in [0.25, 0.3) is 0 Å². The summed E-state index contributed by atoms with van der Waals surface area (Å²) in [6.45, 7) is 5.86. The molecule has 2 saturated heterocycles. The molecule has 0 aromatic rings. The standard InChI is InChI=1S/C9H17N3O/c1-7(10)9(13)12-5-4-11-3-2-8(12)6-11/h7-8H,2-6,10H2,1H3/t7-,8?/m1/s1. The van der Waals surface area contributed by atoms with Crippen molar-refractivity contribution in [2.45, 2.75) is 25.4 Å². The highest BCUT2D eigenvalue weighted by Gasteiger charge is 2.35. The molecule has 0 saturated carbocycles. The van der Waals surface area contributed by atoms with Crippen molar-refractivity contribution in [1.29, 1.82) is 0 Å². The second kappa shape index (κ2) is 3.27. The van der Waals surface area contributed by atoms with Gasteiger partial charge >= 0.3 is 0 Å². The number of hydrogen-bond donors (Lipinski definition) is 1. The van der Waals surface area contributed by atoms with Crippen molar-refractivity contribution < 1.29 is 4.79 Å². The van der Waals surface area contributed by atoms with Crippen molar-refractivity contribution >= 4 is 5.91 Å². The number of amides is 1. The van der Waals surface area contributed by atoms with Crippen LogP contribution in [0.1, 0.15) is 13.3 Å². The SMILES string of the molecule is C[C@@H](N)C(=O)N1CCN2CCC1C2. The normalized spacial score (nSPS) is 34.8. The number of piperazine rings is 1. The molecular weight excluding hydrogens is 166 g/mol. The molecule has 2 unspecified atom stereocenters. The van der Waals surface area contributed by atoms with Crippen LogP contribution >= 0.6 is 0 Å². The summed E-state index contributed by atoms with van der Waals surface area (Å²) in [6, 6.07) is 0.0967. The van der Waals surface area contributed by atoms with Gasteiger partial charge in [0.05, 0.1) is 6.04 Å². The average Bonchev–Trinajstić information content (AvgIpc) is 2.47. The molecule has 0 radical (unpaired) electrons. The van der Waals surface area contributed by atoms with Gasteiger partial charge in [0, 0.05) is 32.2 Å². The molecule has 2 aliphatic rings. The number of nitrogens with zero attached hydrogens (tertiary/aromatic N) is 2. The van der Waals surface area contributed by atoms with E-state index in [1.807, 2.05) is 4.90 Å². The molecule has 1 amide bonds. The molecule has 4 nitrogen and oxygen atoms in total. The fourth-order valence-electron chi connectivity index (χ4n) is 2.25. The molecule has 2 N–H and O–H groups in total. The number of nitrogens with two attached hydrogens (primary N) is 1. The third-order valence-corrected chi connectivity index (χ3v) is 3.02. The quantitative estimate of drug-likeness (QED) is 0.582. The van der Waals surface area contributed by atoms with Crippen LogP contribution in [0.15, 0.2) is 0 Å². The van der Waals surface area contributed by atoms with Crippen LogP contribution in [-0.4, -0.2) is 54.0 Å². The smallest absolute Gasteiger partial charge is 0.239 e. The van der Waals surface area contributed by atoms with Gasteiger partial charge in [-0.3, -0.25) is 9.69 Å². The molecule has 2 rings (SSSR count). The van der Waals surface area contributed by atoms with Gasteiger partial charge in [-0.25, -0.2) is 0 Å². The van der Waals surface area contributed by atoms with Gasteiger partial charge in [0.2, 0.25) is 5.91 Å². The van der Waals surface area contributed by atoms with Gasteiger partial charge in [0.15, 0.2) is 0 Å². The molecule has 0 aromatic carbocycles. The van der Waals surface area contributed by atoms with E-state index in [1.54, 1.807) is 6.92 Å². The molecule has 2 fully saturated rings. The first-order chi connectivity index (χ1) is 6.18. The molecule has 2 aliphatic heterocycles. The molecule has 0 aromatic heterocycles. The van der Waals surface area contributed by atoms with Gasteiger partial charge in [-0.05, 0) is 13.3 Å². The lowest BCUT2D eigenvalue weighted by Gasteiger charge is -2.35. The summed E-state index contributed by atoms with van der Waals surface area (Å²) < 4.78 is 0. The van der Waals surface area contributed by atoms with Crippen LogP contribution in [-0.2, 0) is 4.79 Å². The van der Waals surface area contributed by atoms with Crippen molar-refractivity contribution in [1.82, 2.24) is 9.80 Å². The van der Waals surface area contributed by atoms with Crippen LogP contribution in [0.2, 0.25) is 0 Å². The summed E-state index contributed by atoms with van der Waals surface area (Å²) in [4.78, 5) is 16.0. The van der Waals surface area contributed by atoms with Crippen molar-refractivity contribution in [3.63, 3.8) is 0 Å². The maximum atomic E-state index is 11.7. The predicted molar refractivity (Wildman–Crippen MR) is 50.2 cm³/mol. The minimum atomic E-state index is -0.341. The lowest BCUT2D eigenvalue weighted by atomic mass is 10.1. The van der Waals surface area contributed by atoms with Crippen molar-refractivity contribution in [3.8, 4) is 0 Å². The van der Waals surface area contributed by atoms with E-state index in [0.29, 0.717) is 6.04 Å². The lowest BCUT2D eigenvalue weighted by Crippen LogP contribution is -2.53. The number of carbonyl (C=O) groups is 1. The van der Waals surface area contributed by atoms with Crippen LogP contribution < -0.4 is 5.73 Å². The highest BCUT2D eigenvalue weighted by molar-refractivity contribution is 5.81. The zero-order valence-corrected chi connectivity index (χ0v) is 8.07. The largest absolute Gasteiger partial charge is 0.336 e. The molecule has 13 heavy (non-hydrogen) atoms. The molecule has 2 bridgehead atoms. The minimum Gasteiger partial charge on any atom is -0.336 e. The lowest BCUT2D eigenvalue weighted by molar-refractivity contribution is -0.135. The first kappa shape index (κ1) is 8.97. The highest BCUT2D eigenvalue weighted by atomic mass is 16.2. The zero-order valence-electron chi connectivity index (χ0n) is 8.07. The topological polar surface area (TPSA) is 49.6 Å². The van der Waals surface area contributed by atoms with E-state index in [1.165, 1.54) is 0 Å². The van der Waals surface area contributed by atoms with E-state index in [-0.39, 0.29) is 11.9 Å². The van der Waals surface area contributed by atoms with Crippen molar-refractivity contribution in [3.05, 3.63) is 0 Å². The molecule has 4 heteroatoms. The molecule has 3 atom stereocenters. The Labute approximate surface area is 78.7 Å².